The number of rotatable bonds is 1. The van der Waals surface area contributed by atoms with E-state index in [1.165, 1.54) is 5.56 Å². The summed E-state index contributed by atoms with van der Waals surface area (Å²) in [4.78, 5) is 2.46. The van der Waals surface area contributed by atoms with Gasteiger partial charge in [0.25, 0.3) is 0 Å². The Morgan fingerprint density at radius 3 is 2.94 bits per heavy atom. The molecule has 2 heterocycles. The minimum atomic E-state index is 0.362. The number of aromatic hydroxyl groups is 1. The van der Waals surface area contributed by atoms with Crippen LogP contribution in [-0.4, -0.2) is 42.9 Å². The quantitative estimate of drug-likeness (QED) is 0.724. The number of ether oxygens (including phenoxy) is 1. The number of morpholine rings is 1. The van der Waals surface area contributed by atoms with Gasteiger partial charge in [0.1, 0.15) is 5.75 Å². The lowest BCUT2D eigenvalue weighted by molar-refractivity contribution is 0.0144. The zero-order chi connectivity index (χ0) is 11.7. The lowest BCUT2D eigenvalue weighted by Crippen LogP contribution is -2.41. The Morgan fingerprint density at radius 2 is 2.12 bits per heavy atom. The number of hydrogen-bond acceptors (Lipinski definition) is 4. The van der Waals surface area contributed by atoms with E-state index in [-0.39, 0.29) is 0 Å². The molecule has 0 bridgehead atoms. The minimum Gasteiger partial charge on any atom is -0.506 e. The molecule has 0 aliphatic carbocycles. The number of nitrogens with one attached hydrogen (secondary N) is 1. The molecule has 4 nitrogen and oxygen atoms in total. The number of phenolic OH excluding ortho intramolecular Hbond substituents is 1. The Hall–Kier alpha value is -1.26. The molecule has 1 fully saturated rings. The van der Waals surface area contributed by atoms with Crippen molar-refractivity contribution in [3.05, 3.63) is 23.8 Å². The monoisotopic (exact) mass is 234 g/mol. The van der Waals surface area contributed by atoms with Crippen LogP contribution in [0.3, 0.4) is 0 Å². The SMILES string of the molecule is Oc1cccc2c1NCCC2N1CCOCC1. The summed E-state index contributed by atoms with van der Waals surface area (Å²) >= 11 is 0. The summed E-state index contributed by atoms with van der Waals surface area (Å²) in [6.45, 7) is 4.53. The fraction of sp³-hybridized carbons (Fsp3) is 0.538. The predicted molar refractivity (Wildman–Crippen MR) is 66.3 cm³/mol. The Balaban J connectivity index is 1.90. The van der Waals surface area contributed by atoms with Crippen LogP contribution in [0.2, 0.25) is 0 Å². The number of fused-ring (bicyclic) bond motifs is 1. The second-order valence-electron chi connectivity index (χ2n) is 4.62. The molecular weight excluding hydrogens is 216 g/mol. The Morgan fingerprint density at radius 1 is 1.29 bits per heavy atom. The molecule has 0 spiro atoms. The van der Waals surface area contributed by atoms with Gasteiger partial charge in [0.15, 0.2) is 0 Å². The van der Waals surface area contributed by atoms with Crippen molar-refractivity contribution >= 4 is 5.69 Å². The van der Waals surface area contributed by atoms with Gasteiger partial charge in [0, 0.05) is 25.7 Å². The molecule has 2 aliphatic rings. The smallest absolute Gasteiger partial charge is 0.139 e. The van der Waals surface area contributed by atoms with E-state index in [2.05, 4.69) is 16.3 Å². The summed E-state index contributed by atoms with van der Waals surface area (Å²) in [5, 5.41) is 13.2. The first kappa shape index (κ1) is 10.9. The lowest BCUT2D eigenvalue weighted by atomic mass is 9.95. The fourth-order valence-corrected chi connectivity index (χ4v) is 2.79. The van der Waals surface area contributed by atoms with Crippen molar-refractivity contribution < 1.29 is 9.84 Å². The maximum absolute atomic E-state index is 9.87. The second-order valence-corrected chi connectivity index (χ2v) is 4.62. The van der Waals surface area contributed by atoms with Gasteiger partial charge in [-0.25, -0.2) is 0 Å². The molecule has 17 heavy (non-hydrogen) atoms. The van der Waals surface area contributed by atoms with Gasteiger partial charge >= 0.3 is 0 Å². The van der Waals surface area contributed by atoms with Crippen molar-refractivity contribution in [1.82, 2.24) is 4.90 Å². The first-order chi connectivity index (χ1) is 8.36. The standard InChI is InChI=1S/C13H18N2O2/c16-12-3-1-2-10-11(4-5-14-13(10)12)15-6-8-17-9-7-15/h1-3,11,14,16H,4-9H2. The van der Waals surface area contributed by atoms with Crippen LogP contribution in [0, 0.1) is 0 Å². The van der Waals surface area contributed by atoms with Crippen LogP contribution in [0.1, 0.15) is 18.0 Å². The van der Waals surface area contributed by atoms with Crippen molar-refractivity contribution in [2.45, 2.75) is 12.5 Å². The van der Waals surface area contributed by atoms with Crippen LogP contribution in [-0.2, 0) is 4.74 Å². The molecule has 0 aromatic heterocycles. The van der Waals surface area contributed by atoms with Gasteiger partial charge in [-0.05, 0) is 18.1 Å². The van der Waals surface area contributed by atoms with Crippen molar-refractivity contribution in [3.8, 4) is 5.75 Å². The third kappa shape index (κ3) is 1.98. The first-order valence-corrected chi connectivity index (χ1v) is 6.24. The van der Waals surface area contributed by atoms with Gasteiger partial charge in [-0.3, -0.25) is 4.90 Å². The van der Waals surface area contributed by atoms with Crippen LogP contribution in [0.5, 0.6) is 5.75 Å². The lowest BCUT2D eigenvalue weighted by Gasteiger charge is -2.38. The zero-order valence-electron chi connectivity index (χ0n) is 9.85. The van der Waals surface area contributed by atoms with E-state index in [9.17, 15) is 5.11 Å². The highest BCUT2D eigenvalue weighted by Crippen LogP contribution is 2.39. The summed E-state index contributed by atoms with van der Waals surface area (Å²) in [6.07, 6.45) is 1.09. The van der Waals surface area contributed by atoms with Gasteiger partial charge in [-0.2, -0.15) is 0 Å². The van der Waals surface area contributed by atoms with Crippen LogP contribution in [0.4, 0.5) is 5.69 Å². The zero-order valence-corrected chi connectivity index (χ0v) is 9.85. The minimum absolute atomic E-state index is 0.362. The second kappa shape index (κ2) is 4.55. The molecule has 2 N–H and O–H groups in total. The molecule has 0 saturated carbocycles. The number of hydrogen-bond donors (Lipinski definition) is 2. The Labute approximate surface area is 101 Å². The number of anilines is 1. The Kier molecular flexibility index (Phi) is 2.91. The summed E-state index contributed by atoms with van der Waals surface area (Å²) in [5.41, 5.74) is 2.13. The van der Waals surface area contributed by atoms with E-state index in [0.717, 1.165) is 45.0 Å². The molecule has 0 radical (unpaired) electrons. The number of phenols is 1. The molecule has 1 aromatic carbocycles. The predicted octanol–water partition coefficient (Wildman–Crippen LogP) is 1.58. The van der Waals surface area contributed by atoms with E-state index in [1.54, 1.807) is 6.07 Å². The van der Waals surface area contributed by atoms with Crippen molar-refractivity contribution in [2.75, 3.05) is 38.2 Å². The van der Waals surface area contributed by atoms with E-state index >= 15 is 0 Å². The average Bonchev–Trinajstić information content (AvgIpc) is 2.40. The molecule has 0 amide bonds. The summed E-state index contributed by atoms with van der Waals surface area (Å²) in [6, 6.07) is 6.20. The third-order valence-electron chi connectivity index (χ3n) is 3.64. The van der Waals surface area contributed by atoms with Crippen LogP contribution in [0.25, 0.3) is 0 Å². The van der Waals surface area contributed by atoms with Crippen LogP contribution >= 0.6 is 0 Å². The maximum Gasteiger partial charge on any atom is 0.139 e. The van der Waals surface area contributed by atoms with E-state index in [4.69, 9.17) is 4.74 Å². The van der Waals surface area contributed by atoms with Crippen molar-refractivity contribution in [3.63, 3.8) is 0 Å². The van der Waals surface area contributed by atoms with E-state index in [0.29, 0.717) is 11.8 Å². The normalized spacial score (nSPS) is 25.1. The van der Waals surface area contributed by atoms with Crippen molar-refractivity contribution in [1.29, 1.82) is 0 Å². The fourth-order valence-electron chi connectivity index (χ4n) is 2.79. The van der Waals surface area contributed by atoms with Crippen LogP contribution in [0.15, 0.2) is 18.2 Å². The van der Waals surface area contributed by atoms with Gasteiger partial charge in [0.2, 0.25) is 0 Å². The molecule has 92 valence electrons. The van der Waals surface area contributed by atoms with E-state index in [1.807, 2.05) is 6.07 Å². The third-order valence-corrected chi connectivity index (χ3v) is 3.64. The van der Waals surface area contributed by atoms with Gasteiger partial charge in [0.05, 0.1) is 18.9 Å². The van der Waals surface area contributed by atoms with Gasteiger partial charge in [-0.15, -0.1) is 0 Å². The average molecular weight is 234 g/mol. The van der Waals surface area contributed by atoms with Gasteiger partial charge < -0.3 is 15.2 Å². The molecule has 1 atom stereocenters. The number of para-hydroxylation sites is 1. The maximum atomic E-state index is 9.87. The topological polar surface area (TPSA) is 44.7 Å². The summed E-state index contributed by atoms with van der Waals surface area (Å²) in [7, 11) is 0. The highest BCUT2D eigenvalue weighted by molar-refractivity contribution is 5.63. The molecule has 1 aromatic rings. The highest BCUT2D eigenvalue weighted by atomic mass is 16.5. The summed E-state index contributed by atoms with van der Waals surface area (Å²) in [5.74, 6) is 0.362. The van der Waals surface area contributed by atoms with E-state index < -0.39 is 0 Å². The molecule has 3 rings (SSSR count). The molecule has 1 unspecified atom stereocenters. The molecule has 2 aliphatic heterocycles. The highest BCUT2D eigenvalue weighted by Gasteiger charge is 2.28. The summed E-state index contributed by atoms with van der Waals surface area (Å²) < 4.78 is 5.40. The molecular formula is C13H18N2O2. The number of nitrogens with zero attached hydrogens (tertiary/aromatic N) is 1. The van der Waals surface area contributed by atoms with Crippen LogP contribution < -0.4 is 5.32 Å². The molecule has 4 heteroatoms. The Bertz CT molecular complexity index is 402. The number of benzene rings is 1. The van der Waals surface area contributed by atoms with Gasteiger partial charge in [-0.1, -0.05) is 12.1 Å². The molecule has 1 saturated heterocycles. The van der Waals surface area contributed by atoms with Crippen molar-refractivity contribution in [2.24, 2.45) is 0 Å². The largest absolute Gasteiger partial charge is 0.506 e. The first-order valence-electron chi connectivity index (χ1n) is 6.24.